The average Bonchev–Trinajstić information content (AvgIpc) is 2.61. The molecule has 25 heavy (non-hydrogen) atoms. The van der Waals surface area contributed by atoms with E-state index in [0.29, 0.717) is 11.5 Å². The Hall–Kier alpha value is -2.63. The second kappa shape index (κ2) is 9.01. The first kappa shape index (κ1) is 18.7. The molecular weight excluding hydrogens is 316 g/mol. The summed E-state index contributed by atoms with van der Waals surface area (Å²) in [6.45, 7) is 6.77. The van der Waals surface area contributed by atoms with Crippen LogP contribution in [0.1, 0.15) is 44.1 Å². The number of aromatic nitrogens is 2. The van der Waals surface area contributed by atoms with E-state index in [9.17, 15) is 4.79 Å². The van der Waals surface area contributed by atoms with E-state index >= 15 is 0 Å². The van der Waals surface area contributed by atoms with Crippen molar-refractivity contribution in [2.45, 2.75) is 39.7 Å². The Balaban J connectivity index is 2.07. The number of rotatable bonds is 8. The summed E-state index contributed by atoms with van der Waals surface area (Å²) >= 11 is 0. The number of hydrogen-bond acceptors (Lipinski definition) is 5. The van der Waals surface area contributed by atoms with Crippen molar-refractivity contribution in [3.63, 3.8) is 0 Å². The van der Waals surface area contributed by atoms with E-state index in [1.165, 1.54) is 6.20 Å². The van der Waals surface area contributed by atoms with E-state index in [0.717, 1.165) is 30.8 Å². The van der Waals surface area contributed by atoms with Gasteiger partial charge in [0.25, 0.3) is 5.91 Å². The zero-order valence-corrected chi connectivity index (χ0v) is 15.3. The topological polar surface area (TPSA) is 67.4 Å². The molecule has 1 aromatic carbocycles. The van der Waals surface area contributed by atoms with Crippen molar-refractivity contribution in [3.8, 4) is 5.75 Å². The van der Waals surface area contributed by atoms with Crippen LogP contribution in [-0.2, 0) is 0 Å². The molecule has 6 heteroatoms. The lowest BCUT2D eigenvalue weighted by atomic mass is 10.3. The highest BCUT2D eigenvalue weighted by Crippen LogP contribution is 2.27. The number of benzene rings is 1. The van der Waals surface area contributed by atoms with Gasteiger partial charge < -0.3 is 15.0 Å². The van der Waals surface area contributed by atoms with Crippen LogP contribution in [0.15, 0.2) is 36.7 Å². The van der Waals surface area contributed by atoms with E-state index < -0.39 is 0 Å². The molecule has 0 unspecified atom stereocenters. The summed E-state index contributed by atoms with van der Waals surface area (Å²) in [5.41, 5.74) is 1.15. The summed E-state index contributed by atoms with van der Waals surface area (Å²) in [6.07, 6.45) is 5.16. The number of unbranched alkanes of at least 4 members (excludes halogenated alkanes) is 1. The second-order valence-corrected chi connectivity index (χ2v) is 6.15. The fourth-order valence-electron chi connectivity index (χ4n) is 2.26. The molecule has 0 spiro atoms. The van der Waals surface area contributed by atoms with Gasteiger partial charge in [-0.15, -0.1) is 0 Å². The maximum absolute atomic E-state index is 12.3. The number of hydrogen-bond donors (Lipinski definition) is 1. The maximum atomic E-state index is 12.3. The molecule has 0 radical (unpaired) electrons. The van der Waals surface area contributed by atoms with Crippen LogP contribution in [0.4, 0.5) is 11.5 Å². The Labute approximate surface area is 149 Å². The smallest absolute Gasteiger partial charge is 0.273 e. The van der Waals surface area contributed by atoms with E-state index in [4.69, 9.17) is 4.74 Å². The minimum absolute atomic E-state index is 0.0766. The van der Waals surface area contributed by atoms with Crippen LogP contribution in [0.25, 0.3) is 0 Å². The maximum Gasteiger partial charge on any atom is 0.273 e. The summed E-state index contributed by atoms with van der Waals surface area (Å²) in [5, 5.41) is 3.18. The molecular formula is C19H26N4O2. The number of carbonyl (C=O) groups is 1. The van der Waals surface area contributed by atoms with Crippen molar-refractivity contribution in [3.05, 3.63) is 42.4 Å². The lowest BCUT2D eigenvalue weighted by Gasteiger charge is -2.16. The fourth-order valence-corrected chi connectivity index (χ4v) is 2.26. The first-order valence-corrected chi connectivity index (χ1v) is 8.61. The highest BCUT2D eigenvalue weighted by Gasteiger charge is 2.13. The minimum Gasteiger partial charge on any atom is -0.489 e. The lowest BCUT2D eigenvalue weighted by Crippen LogP contribution is -2.28. The normalized spacial score (nSPS) is 10.6. The number of nitrogens with zero attached hydrogens (tertiary/aromatic N) is 3. The Morgan fingerprint density at radius 1 is 1.24 bits per heavy atom. The van der Waals surface area contributed by atoms with Crippen molar-refractivity contribution >= 4 is 17.4 Å². The Morgan fingerprint density at radius 2 is 2.00 bits per heavy atom. The average molecular weight is 342 g/mol. The van der Waals surface area contributed by atoms with Crippen molar-refractivity contribution in [2.24, 2.45) is 0 Å². The van der Waals surface area contributed by atoms with Crippen LogP contribution in [0.3, 0.4) is 0 Å². The van der Waals surface area contributed by atoms with Gasteiger partial charge in [0.1, 0.15) is 17.3 Å². The van der Waals surface area contributed by atoms with E-state index in [2.05, 4.69) is 22.2 Å². The number of anilines is 2. The molecule has 1 heterocycles. The molecule has 0 saturated heterocycles. The first-order valence-electron chi connectivity index (χ1n) is 8.61. The fraction of sp³-hybridized carbons (Fsp3) is 0.421. The number of ether oxygens (including phenoxy) is 1. The monoisotopic (exact) mass is 342 g/mol. The van der Waals surface area contributed by atoms with Gasteiger partial charge in [0.15, 0.2) is 0 Å². The van der Waals surface area contributed by atoms with E-state index in [1.54, 1.807) is 18.1 Å². The summed E-state index contributed by atoms with van der Waals surface area (Å²) in [7, 11) is 1.78. The third-order valence-corrected chi connectivity index (χ3v) is 3.58. The van der Waals surface area contributed by atoms with Crippen LogP contribution in [0.2, 0.25) is 0 Å². The van der Waals surface area contributed by atoms with Crippen LogP contribution < -0.4 is 10.1 Å². The van der Waals surface area contributed by atoms with Crippen molar-refractivity contribution in [1.29, 1.82) is 0 Å². The molecule has 0 saturated carbocycles. The lowest BCUT2D eigenvalue weighted by molar-refractivity contribution is 0.0787. The molecule has 1 N–H and O–H groups in total. The quantitative estimate of drug-likeness (QED) is 0.788. The summed E-state index contributed by atoms with van der Waals surface area (Å²) in [6, 6.07) is 7.65. The van der Waals surface area contributed by atoms with Crippen molar-refractivity contribution in [2.75, 3.05) is 18.9 Å². The summed E-state index contributed by atoms with van der Waals surface area (Å²) < 4.78 is 5.78. The third kappa shape index (κ3) is 5.45. The van der Waals surface area contributed by atoms with E-state index in [1.807, 2.05) is 38.1 Å². The molecule has 1 aromatic heterocycles. The van der Waals surface area contributed by atoms with Crippen LogP contribution in [-0.4, -0.2) is 40.5 Å². The number of amides is 1. The van der Waals surface area contributed by atoms with E-state index in [-0.39, 0.29) is 12.0 Å². The Bertz CT molecular complexity index is 686. The zero-order valence-electron chi connectivity index (χ0n) is 15.3. The van der Waals surface area contributed by atoms with Gasteiger partial charge in [0.2, 0.25) is 0 Å². The van der Waals surface area contributed by atoms with Gasteiger partial charge in [-0.2, -0.15) is 0 Å². The molecule has 0 bridgehead atoms. The molecule has 0 fully saturated rings. The van der Waals surface area contributed by atoms with Gasteiger partial charge in [-0.25, -0.2) is 9.97 Å². The molecule has 1 amide bonds. The largest absolute Gasteiger partial charge is 0.489 e. The molecule has 0 atom stereocenters. The van der Waals surface area contributed by atoms with Gasteiger partial charge in [0.05, 0.1) is 24.2 Å². The summed E-state index contributed by atoms with van der Waals surface area (Å²) in [5.74, 6) is 1.20. The van der Waals surface area contributed by atoms with Crippen molar-refractivity contribution < 1.29 is 9.53 Å². The number of nitrogens with one attached hydrogen (secondary N) is 1. The Kier molecular flexibility index (Phi) is 6.74. The van der Waals surface area contributed by atoms with Gasteiger partial charge in [-0.3, -0.25) is 4.79 Å². The molecule has 0 aliphatic heterocycles. The molecule has 2 aromatic rings. The molecule has 0 aliphatic rings. The second-order valence-electron chi connectivity index (χ2n) is 6.15. The van der Waals surface area contributed by atoms with Crippen molar-refractivity contribution in [1.82, 2.24) is 14.9 Å². The third-order valence-electron chi connectivity index (χ3n) is 3.58. The molecule has 6 nitrogen and oxygen atoms in total. The van der Waals surface area contributed by atoms with Gasteiger partial charge >= 0.3 is 0 Å². The number of carbonyl (C=O) groups excluding carboxylic acids is 1. The number of para-hydroxylation sites is 2. The molecule has 0 aliphatic carbocycles. The van der Waals surface area contributed by atoms with Crippen LogP contribution >= 0.6 is 0 Å². The SMILES string of the molecule is CCCCN(C)C(=O)c1cnc(Nc2ccccc2OC(C)C)cn1. The molecule has 134 valence electrons. The Morgan fingerprint density at radius 3 is 2.64 bits per heavy atom. The first-order chi connectivity index (χ1) is 12.0. The predicted octanol–water partition coefficient (Wildman–Crippen LogP) is 3.88. The van der Waals surface area contributed by atoms with Gasteiger partial charge in [-0.1, -0.05) is 25.5 Å². The highest BCUT2D eigenvalue weighted by atomic mass is 16.5. The minimum atomic E-state index is -0.115. The zero-order chi connectivity index (χ0) is 18.2. The molecule has 2 rings (SSSR count). The predicted molar refractivity (Wildman–Crippen MR) is 99.4 cm³/mol. The summed E-state index contributed by atoms with van der Waals surface area (Å²) in [4.78, 5) is 22.5. The van der Waals surface area contributed by atoms with Gasteiger partial charge in [-0.05, 0) is 32.4 Å². The van der Waals surface area contributed by atoms with Crippen LogP contribution in [0, 0.1) is 0 Å². The van der Waals surface area contributed by atoms with Crippen LogP contribution in [0.5, 0.6) is 5.75 Å². The highest BCUT2D eigenvalue weighted by molar-refractivity contribution is 5.91. The van der Waals surface area contributed by atoms with Gasteiger partial charge in [0, 0.05) is 13.6 Å². The standard InChI is InChI=1S/C19H26N4O2/c1-5-6-11-23(4)19(24)16-12-21-18(13-20-16)22-15-9-7-8-10-17(15)25-14(2)3/h7-10,12-14H,5-6,11H2,1-4H3,(H,21,22).